The van der Waals surface area contributed by atoms with E-state index in [4.69, 9.17) is 4.74 Å². The summed E-state index contributed by atoms with van der Waals surface area (Å²) in [7, 11) is 0. The first-order valence-electron chi connectivity index (χ1n) is 8.53. The lowest BCUT2D eigenvalue weighted by Crippen LogP contribution is -2.15. The van der Waals surface area contributed by atoms with Gasteiger partial charge in [-0.15, -0.1) is 0 Å². The Morgan fingerprint density at radius 3 is 2.58 bits per heavy atom. The van der Waals surface area contributed by atoms with Gasteiger partial charge in [0.2, 0.25) is 0 Å². The van der Waals surface area contributed by atoms with E-state index in [1.54, 1.807) is 0 Å². The second-order valence-electron chi connectivity index (χ2n) is 6.29. The lowest BCUT2D eigenvalue weighted by Gasteiger charge is -2.15. The van der Waals surface area contributed by atoms with Crippen molar-refractivity contribution >= 4 is 5.97 Å². The average molecular weight is 326 g/mol. The Labute approximate surface area is 144 Å². The number of carboxylic acids is 1. The molecule has 0 heterocycles. The van der Waals surface area contributed by atoms with Gasteiger partial charge >= 0.3 is 5.97 Å². The number of rotatable bonds is 8. The molecule has 0 aromatic heterocycles. The van der Waals surface area contributed by atoms with Gasteiger partial charge in [-0.1, -0.05) is 43.7 Å². The molecule has 2 aromatic rings. The Balaban J connectivity index is 2.17. The van der Waals surface area contributed by atoms with Gasteiger partial charge in [-0.05, 0) is 61.1 Å². The molecule has 0 amide bonds. The van der Waals surface area contributed by atoms with E-state index in [-0.39, 0.29) is 0 Å². The van der Waals surface area contributed by atoms with Crippen LogP contribution < -0.4 is 4.74 Å². The van der Waals surface area contributed by atoms with Crippen LogP contribution in [0.5, 0.6) is 5.75 Å². The van der Waals surface area contributed by atoms with E-state index in [0.29, 0.717) is 13.0 Å². The van der Waals surface area contributed by atoms with Crippen LogP contribution in [0.4, 0.5) is 0 Å². The molecule has 1 unspecified atom stereocenters. The summed E-state index contributed by atoms with van der Waals surface area (Å²) in [5.41, 5.74) is 4.13. The summed E-state index contributed by atoms with van der Waals surface area (Å²) in [5.74, 6) is -0.532. The Morgan fingerprint density at radius 1 is 1.12 bits per heavy atom. The molecule has 1 atom stereocenters. The van der Waals surface area contributed by atoms with Gasteiger partial charge in [0.25, 0.3) is 0 Å². The minimum absolute atomic E-state index is 0.461. The molecule has 0 spiro atoms. The van der Waals surface area contributed by atoms with Gasteiger partial charge in [-0.3, -0.25) is 4.79 Å². The zero-order valence-corrected chi connectivity index (χ0v) is 14.7. The number of aliphatic carboxylic acids is 1. The summed E-state index contributed by atoms with van der Waals surface area (Å²) < 4.78 is 5.72. The summed E-state index contributed by atoms with van der Waals surface area (Å²) in [6.45, 7) is 6.87. The van der Waals surface area contributed by atoms with Gasteiger partial charge in [-0.2, -0.15) is 0 Å². The number of unbranched alkanes of at least 4 members (excludes halogenated alkanes) is 1. The van der Waals surface area contributed by atoms with E-state index in [0.717, 1.165) is 35.3 Å². The first-order valence-corrected chi connectivity index (χ1v) is 8.53. The van der Waals surface area contributed by atoms with Gasteiger partial charge in [0, 0.05) is 0 Å². The maximum absolute atomic E-state index is 11.8. The fraction of sp³-hybridized carbons (Fsp3) is 0.381. The quantitative estimate of drug-likeness (QED) is 0.702. The fourth-order valence-corrected chi connectivity index (χ4v) is 2.66. The van der Waals surface area contributed by atoms with Gasteiger partial charge in [0.05, 0.1) is 12.5 Å². The van der Waals surface area contributed by atoms with E-state index in [1.165, 1.54) is 5.56 Å². The van der Waals surface area contributed by atoms with Gasteiger partial charge in [0.1, 0.15) is 5.75 Å². The largest absolute Gasteiger partial charge is 0.494 e. The number of benzene rings is 2. The number of hydrogen-bond acceptors (Lipinski definition) is 2. The van der Waals surface area contributed by atoms with Gasteiger partial charge in [-0.25, -0.2) is 0 Å². The van der Waals surface area contributed by atoms with Crippen molar-refractivity contribution in [3.05, 3.63) is 64.7 Å². The molecular weight excluding hydrogens is 300 g/mol. The van der Waals surface area contributed by atoms with Crippen LogP contribution in [0.3, 0.4) is 0 Å². The molecule has 3 nitrogen and oxygen atoms in total. The maximum atomic E-state index is 11.8. The summed E-state index contributed by atoms with van der Waals surface area (Å²) in [6.07, 6.45) is 2.57. The van der Waals surface area contributed by atoms with E-state index < -0.39 is 11.9 Å². The molecule has 0 aliphatic rings. The number of ether oxygens (including phenoxy) is 1. The van der Waals surface area contributed by atoms with Crippen molar-refractivity contribution in [2.75, 3.05) is 6.61 Å². The second-order valence-corrected chi connectivity index (χ2v) is 6.29. The Bertz CT molecular complexity index is 691. The summed E-state index contributed by atoms with van der Waals surface area (Å²) in [5, 5.41) is 9.66. The molecule has 24 heavy (non-hydrogen) atoms. The van der Waals surface area contributed by atoms with Crippen LogP contribution >= 0.6 is 0 Å². The van der Waals surface area contributed by atoms with E-state index in [9.17, 15) is 9.90 Å². The zero-order valence-electron chi connectivity index (χ0n) is 14.7. The molecule has 0 saturated carbocycles. The fourth-order valence-electron chi connectivity index (χ4n) is 2.66. The minimum Gasteiger partial charge on any atom is -0.494 e. The molecule has 0 fully saturated rings. The van der Waals surface area contributed by atoms with Crippen molar-refractivity contribution in [1.82, 2.24) is 0 Å². The molecule has 0 bridgehead atoms. The molecular formula is C21H26O3. The van der Waals surface area contributed by atoms with Crippen LogP contribution in [0.2, 0.25) is 0 Å². The van der Waals surface area contributed by atoms with Crippen molar-refractivity contribution < 1.29 is 14.6 Å². The molecule has 0 saturated heterocycles. The van der Waals surface area contributed by atoms with Crippen LogP contribution in [0.1, 0.15) is 47.9 Å². The summed E-state index contributed by atoms with van der Waals surface area (Å²) in [4.78, 5) is 11.8. The highest BCUT2D eigenvalue weighted by Gasteiger charge is 2.21. The van der Waals surface area contributed by atoms with Crippen LogP contribution in [0, 0.1) is 13.8 Å². The topological polar surface area (TPSA) is 46.5 Å². The third-order valence-corrected chi connectivity index (χ3v) is 4.34. The zero-order chi connectivity index (χ0) is 17.5. The van der Waals surface area contributed by atoms with E-state index >= 15 is 0 Å². The van der Waals surface area contributed by atoms with E-state index in [2.05, 4.69) is 6.92 Å². The Hall–Kier alpha value is -2.29. The van der Waals surface area contributed by atoms with Crippen LogP contribution in [0.15, 0.2) is 42.5 Å². The monoisotopic (exact) mass is 326 g/mol. The number of carbonyl (C=O) groups is 1. The maximum Gasteiger partial charge on any atom is 0.311 e. The first kappa shape index (κ1) is 18.1. The predicted octanol–water partition coefficient (Wildman–Crippen LogP) is 4.89. The minimum atomic E-state index is -0.796. The third-order valence-electron chi connectivity index (χ3n) is 4.34. The lowest BCUT2D eigenvalue weighted by molar-refractivity contribution is -0.138. The molecule has 3 heteroatoms. The second kappa shape index (κ2) is 8.53. The Kier molecular flexibility index (Phi) is 6.42. The highest BCUT2D eigenvalue weighted by molar-refractivity contribution is 5.76. The molecule has 2 rings (SSSR count). The normalized spacial score (nSPS) is 12.0. The van der Waals surface area contributed by atoms with Gasteiger partial charge < -0.3 is 9.84 Å². The predicted molar refractivity (Wildman–Crippen MR) is 96.8 cm³/mol. The molecule has 0 aliphatic heterocycles. The molecule has 2 aromatic carbocycles. The number of hydrogen-bond donors (Lipinski definition) is 1. The number of carboxylic acid groups (broad SMARTS) is 1. The highest BCUT2D eigenvalue weighted by Crippen LogP contribution is 2.25. The van der Waals surface area contributed by atoms with Crippen molar-refractivity contribution in [1.29, 1.82) is 0 Å². The summed E-state index contributed by atoms with van der Waals surface area (Å²) in [6, 6.07) is 13.7. The third kappa shape index (κ3) is 4.85. The summed E-state index contributed by atoms with van der Waals surface area (Å²) >= 11 is 0. The Morgan fingerprint density at radius 2 is 1.92 bits per heavy atom. The van der Waals surface area contributed by atoms with E-state index in [1.807, 2.05) is 56.3 Å². The molecule has 0 radical (unpaired) electrons. The van der Waals surface area contributed by atoms with Crippen molar-refractivity contribution in [3.8, 4) is 5.75 Å². The van der Waals surface area contributed by atoms with Crippen molar-refractivity contribution in [2.45, 2.75) is 46.0 Å². The van der Waals surface area contributed by atoms with Crippen molar-refractivity contribution in [2.24, 2.45) is 0 Å². The van der Waals surface area contributed by atoms with Crippen LogP contribution in [0.25, 0.3) is 0 Å². The lowest BCUT2D eigenvalue weighted by atomic mass is 9.90. The molecule has 1 N–H and O–H groups in total. The standard InChI is InChI=1S/C21H26O3/c1-4-5-11-24-19-8-6-7-17(13-19)14-20(21(22)23)18-10-9-15(2)16(3)12-18/h6-10,12-13,20H,4-5,11,14H2,1-3H3,(H,22,23). The average Bonchev–Trinajstić information content (AvgIpc) is 2.56. The SMILES string of the molecule is CCCCOc1cccc(CC(C(=O)O)c2ccc(C)c(C)c2)c1. The highest BCUT2D eigenvalue weighted by atomic mass is 16.5. The number of aryl methyl sites for hydroxylation is 2. The van der Waals surface area contributed by atoms with Gasteiger partial charge in [0.15, 0.2) is 0 Å². The molecule has 128 valence electrons. The molecule has 0 aliphatic carbocycles. The van der Waals surface area contributed by atoms with Crippen LogP contribution in [-0.4, -0.2) is 17.7 Å². The van der Waals surface area contributed by atoms with Crippen LogP contribution in [-0.2, 0) is 11.2 Å². The smallest absolute Gasteiger partial charge is 0.311 e. The van der Waals surface area contributed by atoms with Crippen molar-refractivity contribution in [3.63, 3.8) is 0 Å². The first-order chi connectivity index (χ1) is 11.5.